The maximum absolute atomic E-state index is 12.0. The summed E-state index contributed by atoms with van der Waals surface area (Å²) in [6.07, 6.45) is 2.78. The molecule has 2 heterocycles. The van der Waals surface area contributed by atoms with Gasteiger partial charge in [0.15, 0.2) is 0 Å². The van der Waals surface area contributed by atoms with Crippen LogP contribution in [0.1, 0.15) is 24.1 Å². The Morgan fingerprint density at radius 2 is 2.24 bits per heavy atom. The van der Waals surface area contributed by atoms with E-state index in [0.717, 1.165) is 11.3 Å². The minimum atomic E-state index is -3.25. The largest absolute Gasteiger partial charge is 0.381 e. The van der Waals surface area contributed by atoms with Crippen molar-refractivity contribution in [3.05, 3.63) is 17.5 Å². The topological polar surface area (TPSA) is 84.1 Å². The third-order valence-electron chi connectivity index (χ3n) is 3.01. The summed E-state index contributed by atoms with van der Waals surface area (Å²) >= 11 is 0. The molecule has 1 aliphatic rings. The Morgan fingerprint density at radius 1 is 1.53 bits per heavy atom. The summed E-state index contributed by atoms with van der Waals surface area (Å²) in [5.41, 5.74) is 1.76. The molecule has 0 aliphatic carbocycles. The van der Waals surface area contributed by atoms with Crippen molar-refractivity contribution < 1.29 is 13.2 Å². The van der Waals surface area contributed by atoms with Crippen molar-refractivity contribution in [3.63, 3.8) is 0 Å². The first-order valence-corrected chi connectivity index (χ1v) is 7.19. The second-order valence-corrected chi connectivity index (χ2v) is 6.24. The van der Waals surface area contributed by atoms with Crippen molar-refractivity contribution >= 4 is 10.0 Å². The number of aromatic nitrogens is 2. The monoisotopic (exact) mass is 259 g/mol. The van der Waals surface area contributed by atoms with E-state index in [9.17, 15) is 8.42 Å². The number of nitrogens with zero attached hydrogens (tertiary/aromatic N) is 1. The molecule has 0 radical (unpaired) electrons. The SMILES string of the molecule is Cc1[nH]ncc1CNS(=O)(=O)C1CCOCC1. The van der Waals surface area contributed by atoms with Crippen LogP contribution in [0.4, 0.5) is 0 Å². The van der Waals surface area contributed by atoms with E-state index in [1.54, 1.807) is 6.20 Å². The summed E-state index contributed by atoms with van der Waals surface area (Å²) in [5, 5.41) is 6.30. The van der Waals surface area contributed by atoms with Crippen molar-refractivity contribution in [3.8, 4) is 0 Å². The molecule has 1 saturated heterocycles. The molecular weight excluding hydrogens is 242 g/mol. The number of H-pyrrole nitrogens is 1. The average Bonchev–Trinajstić information content (AvgIpc) is 2.74. The lowest BCUT2D eigenvalue weighted by atomic mass is 10.2. The summed E-state index contributed by atoms with van der Waals surface area (Å²) in [6.45, 7) is 3.21. The number of nitrogens with one attached hydrogen (secondary N) is 2. The maximum Gasteiger partial charge on any atom is 0.214 e. The van der Waals surface area contributed by atoms with Gasteiger partial charge in [-0.25, -0.2) is 13.1 Å². The summed E-state index contributed by atoms with van der Waals surface area (Å²) < 4.78 is 31.8. The number of ether oxygens (including phenoxy) is 1. The van der Waals surface area contributed by atoms with Gasteiger partial charge in [0.25, 0.3) is 0 Å². The standard InChI is InChI=1S/C10H17N3O3S/c1-8-9(6-11-13-8)7-12-17(14,15)10-2-4-16-5-3-10/h6,10,12H,2-5,7H2,1H3,(H,11,13). The van der Waals surface area contributed by atoms with Gasteiger partial charge in [-0.05, 0) is 19.8 Å². The van der Waals surface area contributed by atoms with E-state index in [1.807, 2.05) is 6.92 Å². The van der Waals surface area contributed by atoms with Crippen molar-refractivity contribution in [1.82, 2.24) is 14.9 Å². The molecule has 17 heavy (non-hydrogen) atoms. The first kappa shape index (κ1) is 12.5. The van der Waals surface area contributed by atoms with Crippen LogP contribution in [-0.2, 0) is 21.3 Å². The number of rotatable bonds is 4. The summed E-state index contributed by atoms with van der Waals surface area (Å²) in [6, 6.07) is 0. The molecule has 1 aromatic rings. The fourth-order valence-electron chi connectivity index (χ4n) is 1.84. The van der Waals surface area contributed by atoms with Gasteiger partial charge >= 0.3 is 0 Å². The highest BCUT2D eigenvalue weighted by molar-refractivity contribution is 7.90. The van der Waals surface area contributed by atoms with Crippen LogP contribution in [0.2, 0.25) is 0 Å². The molecule has 0 spiro atoms. The summed E-state index contributed by atoms with van der Waals surface area (Å²) in [4.78, 5) is 0. The fourth-order valence-corrected chi connectivity index (χ4v) is 3.24. The molecule has 0 saturated carbocycles. The molecule has 1 aromatic heterocycles. The summed E-state index contributed by atoms with van der Waals surface area (Å²) in [7, 11) is -3.25. The fraction of sp³-hybridized carbons (Fsp3) is 0.700. The van der Waals surface area contributed by atoms with Crippen LogP contribution in [-0.4, -0.2) is 37.1 Å². The molecule has 96 valence electrons. The minimum Gasteiger partial charge on any atom is -0.381 e. The van der Waals surface area contributed by atoms with Gasteiger partial charge in [-0.2, -0.15) is 5.10 Å². The van der Waals surface area contributed by atoms with Gasteiger partial charge in [-0.1, -0.05) is 0 Å². The van der Waals surface area contributed by atoms with Gasteiger partial charge in [0, 0.05) is 31.0 Å². The zero-order valence-corrected chi connectivity index (χ0v) is 10.6. The lowest BCUT2D eigenvalue weighted by Gasteiger charge is -2.22. The molecule has 1 fully saturated rings. The van der Waals surface area contributed by atoms with Crippen LogP contribution in [0, 0.1) is 6.92 Å². The second-order valence-electron chi connectivity index (χ2n) is 4.20. The predicted molar refractivity (Wildman–Crippen MR) is 62.9 cm³/mol. The average molecular weight is 259 g/mol. The van der Waals surface area contributed by atoms with Crippen LogP contribution in [0.3, 0.4) is 0 Å². The third-order valence-corrected chi connectivity index (χ3v) is 4.90. The molecule has 0 atom stereocenters. The van der Waals surface area contributed by atoms with Crippen molar-refractivity contribution in [2.24, 2.45) is 0 Å². The molecule has 0 bridgehead atoms. The number of sulfonamides is 1. The Bertz CT molecular complexity index is 463. The third kappa shape index (κ3) is 3.05. The molecular formula is C10H17N3O3S. The van der Waals surface area contributed by atoms with E-state index in [1.165, 1.54) is 0 Å². The molecule has 1 aliphatic heterocycles. The number of aromatic amines is 1. The first-order valence-electron chi connectivity index (χ1n) is 5.64. The van der Waals surface area contributed by atoms with Gasteiger partial charge in [-0.15, -0.1) is 0 Å². The Balaban J connectivity index is 1.95. The van der Waals surface area contributed by atoms with Crippen LogP contribution in [0.15, 0.2) is 6.20 Å². The zero-order chi connectivity index (χ0) is 12.3. The van der Waals surface area contributed by atoms with Crippen LogP contribution < -0.4 is 4.72 Å². The van der Waals surface area contributed by atoms with E-state index in [2.05, 4.69) is 14.9 Å². The predicted octanol–water partition coefficient (Wildman–Crippen LogP) is 0.317. The Hall–Kier alpha value is -0.920. The smallest absolute Gasteiger partial charge is 0.214 e. The molecule has 7 heteroatoms. The van der Waals surface area contributed by atoms with E-state index in [0.29, 0.717) is 32.6 Å². The van der Waals surface area contributed by atoms with Gasteiger partial charge in [-0.3, -0.25) is 5.10 Å². The molecule has 0 unspecified atom stereocenters. The quantitative estimate of drug-likeness (QED) is 0.815. The second kappa shape index (κ2) is 5.16. The molecule has 2 N–H and O–H groups in total. The van der Waals surface area contributed by atoms with Crippen LogP contribution in [0.25, 0.3) is 0 Å². The Labute approximate surface area is 101 Å². The number of hydrogen-bond acceptors (Lipinski definition) is 4. The van der Waals surface area contributed by atoms with E-state index >= 15 is 0 Å². The lowest BCUT2D eigenvalue weighted by molar-refractivity contribution is 0.0981. The van der Waals surface area contributed by atoms with E-state index in [-0.39, 0.29) is 5.25 Å². The number of aryl methyl sites for hydroxylation is 1. The number of hydrogen-bond donors (Lipinski definition) is 2. The van der Waals surface area contributed by atoms with Crippen molar-refractivity contribution in [2.75, 3.05) is 13.2 Å². The van der Waals surface area contributed by atoms with Gasteiger partial charge < -0.3 is 4.74 Å². The summed E-state index contributed by atoms with van der Waals surface area (Å²) in [5.74, 6) is 0. The maximum atomic E-state index is 12.0. The normalized spacial score (nSPS) is 18.4. The van der Waals surface area contributed by atoms with Crippen molar-refractivity contribution in [2.45, 2.75) is 31.6 Å². The highest BCUT2D eigenvalue weighted by atomic mass is 32.2. The molecule has 0 amide bonds. The highest BCUT2D eigenvalue weighted by Gasteiger charge is 2.27. The van der Waals surface area contributed by atoms with Crippen LogP contribution >= 0.6 is 0 Å². The Morgan fingerprint density at radius 3 is 2.82 bits per heavy atom. The molecule has 2 rings (SSSR count). The zero-order valence-electron chi connectivity index (χ0n) is 9.77. The first-order chi connectivity index (χ1) is 8.09. The van der Waals surface area contributed by atoms with E-state index in [4.69, 9.17) is 4.74 Å². The minimum absolute atomic E-state index is 0.294. The Kier molecular flexibility index (Phi) is 3.80. The highest BCUT2D eigenvalue weighted by Crippen LogP contribution is 2.15. The van der Waals surface area contributed by atoms with Crippen molar-refractivity contribution in [1.29, 1.82) is 0 Å². The van der Waals surface area contributed by atoms with Gasteiger partial charge in [0.1, 0.15) is 0 Å². The van der Waals surface area contributed by atoms with Gasteiger partial charge in [0.05, 0.1) is 11.4 Å². The molecule has 0 aromatic carbocycles. The van der Waals surface area contributed by atoms with E-state index < -0.39 is 10.0 Å². The molecule has 6 nitrogen and oxygen atoms in total. The van der Waals surface area contributed by atoms with Crippen LogP contribution in [0.5, 0.6) is 0 Å². The lowest BCUT2D eigenvalue weighted by Crippen LogP contribution is -2.37. The van der Waals surface area contributed by atoms with Gasteiger partial charge in [0.2, 0.25) is 10.0 Å².